The van der Waals surface area contributed by atoms with Crippen molar-refractivity contribution >= 4 is 31.9 Å². The summed E-state index contributed by atoms with van der Waals surface area (Å²) in [6.45, 7) is 8.63. The Bertz CT molecular complexity index is 525. The molecule has 0 amide bonds. The molecule has 4 heteroatoms. The number of benzene rings is 1. The van der Waals surface area contributed by atoms with Gasteiger partial charge < -0.3 is 9.47 Å². The molecule has 0 aromatic heterocycles. The number of hydrogen-bond acceptors (Lipinski definition) is 2. The molecular weight excluding hydrogens is 432 g/mol. The molecule has 0 radical (unpaired) electrons. The van der Waals surface area contributed by atoms with Crippen LogP contribution in [0.1, 0.15) is 25.7 Å². The highest BCUT2D eigenvalue weighted by Crippen LogP contribution is 2.36. The summed E-state index contributed by atoms with van der Waals surface area (Å²) in [6.07, 6.45) is 15.5. The van der Waals surface area contributed by atoms with Gasteiger partial charge in [-0.1, -0.05) is 49.6 Å². The van der Waals surface area contributed by atoms with Gasteiger partial charge in [0.1, 0.15) is 11.5 Å². The van der Waals surface area contributed by atoms with E-state index in [0.29, 0.717) is 13.2 Å². The smallest absolute Gasteiger partial charge is 0.134 e. The van der Waals surface area contributed by atoms with Crippen LogP contribution < -0.4 is 9.47 Å². The van der Waals surface area contributed by atoms with Gasteiger partial charge in [0, 0.05) is 0 Å². The van der Waals surface area contributed by atoms with E-state index in [1.807, 2.05) is 24.3 Å². The molecule has 1 aromatic carbocycles. The lowest BCUT2D eigenvalue weighted by Crippen LogP contribution is -2.00. The first-order chi connectivity index (χ1) is 11.7. The average Bonchev–Trinajstić information content (AvgIpc) is 2.57. The molecule has 0 unspecified atom stereocenters. The van der Waals surface area contributed by atoms with Crippen LogP contribution in [0.5, 0.6) is 11.5 Å². The fourth-order valence-corrected chi connectivity index (χ4v) is 2.76. The molecule has 0 atom stereocenters. The summed E-state index contributed by atoms with van der Waals surface area (Å²) in [4.78, 5) is 0. The van der Waals surface area contributed by atoms with Crippen molar-refractivity contribution in [2.75, 3.05) is 13.2 Å². The lowest BCUT2D eigenvalue weighted by Gasteiger charge is -2.12. The first kappa shape index (κ1) is 20.8. The van der Waals surface area contributed by atoms with Gasteiger partial charge in [-0.2, -0.15) is 0 Å². The minimum absolute atomic E-state index is 0.669. The molecular formula is C20H24Br2O2. The quantitative estimate of drug-likeness (QED) is 0.249. The molecule has 0 aliphatic rings. The average molecular weight is 456 g/mol. The summed E-state index contributed by atoms with van der Waals surface area (Å²) in [7, 11) is 0. The van der Waals surface area contributed by atoms with Gasteiger partial charge in [0.2, 0.25) is 0 Å². The molecule has 0 fully saturated rings. The maximum Gasteiger partial charge on any atom is 0.134 e. The summed E-state index contributed by atoms with van der Waals surface area (Å²) in [5.74, 6) is 1.63. The van der Waals surface area contributed by atoms with Crippen LogP contribution in [-0.2, 0) is 0 Å². The van der Waals surface area contributed by atoms with Crippen molar-refractivity contribution in [2.24, 2.45) is 0 Å². The highest BCUT2D eigenvalue weighted by atomic mass is 79.9. The van der Waals surface area contributed by atoms with Gasteiger partial charge in [-0.05, 0) is 69.7 Å². The molecule has 0 heterocycles. The third kappa shape index (κ3) is 8.55. The molecule has 0 bridgehead atoms. The van der Waals surface area contributed by atoms with E-state index in [0.717, 1.165) is 46.1 Å². The van der Waals surface area contributed by atoms with Gasteiger partial charge in [0.15, 0.2) is 0 Å². The molecule has 130 valence electrons. The monoisotopic (exact) mass is 454 g/mol. The van der Waals surface area contributed by atoms with Crippen LogP contribution in [0.4, 0.5) is 0 Å². The predicted molar refractivity (Wildman–Crippen MR) is 110 cm³/mol. The van der Waals surface area contributed by atoms with Crippen LogP contribution in [0.25, 0.3) is 0 Å². The molecule has 0 saturated heterocycles. The number of hydrogen-bond donors (Lipinski definition) is 0. The van der Waals surface area contributed by atoms with Gasteiger partial charge in [0.05, 0.1) is 22.2 Å². The normalized spacial score (nSPS) is 11.1. The summed E-state index contributed by atoms with van der Waals surface area (Å²) in [5.41, 5.74) is 0. The van der Waals surface area contributed by atoms with E-state index in [1.54, 1.807) is 12.2 Å². The number of unbranched alkanes of at least 4 members (excludes halogenated alkanes) is 2. The van der Waals surface area contributed by atoms with Gasteiger partial charge in [-0.15, -0.1) is 0 Å². The second-order valence-corrected chi connectivity index (χ2v) is 6.73. The minimum atomic E-state index is 0.669. The van der Waals surface area contributed by atoms with Crippen molar-refractivity contribution in [3.63, 3.8) is 0 Å². The SMILES string of the molecule is C=CC=CCCCOc1cc(Br)c(OCCCC=CC=C)cc1Br. The number of allylic oxidation sites excluding steroid dienone is 6. The second kappa shape index (κ2) is 13.1. The third-order valence-electron chi connectivity index (χ3n) is 3.08. The Kier molecular flexibility index (Phi) is 11.3. The molecule has 0 saturated carbocycles. The highest BCUT2D eigenvalue weighted by Gasteiger charge is 2.09. The van der Waals surface area contributed by atoms with Crippen molar-refractivity contribution < 1.29 is 9.47 Å². The Morgan fingerprint density at radius 2 is 1.21 bits per heavy atom. The van der Waals surface area contributed by atoms with E-state index >= 15 is 0 Å². The lowest BCUT2D eigenvalue weighted by atomic mass is 10.3. The van der Waals surface area contributed by atoms with Crippen molar-refractivity contribution in [3.8, 4) is 11.5 Å². The van der Waals surface area contributed by atoms with E-state index in [2.05, 4.69) is 57.2 Å². The third-order valence-corrected chi connectivity index (χ3v) is 4.32. The molecule has 24 heavy (non-hydrogen) atoms. The molecule has 1 aromatic rings. The Hall–Kier alpha value is -1.26. The van der Waals surface area contributed by atoms with Gasteiger partial charge in [0.25, 0.3) is 0 Å². The summed E-state index contributed by atoms with van der Waals surface area (Å²) in [6, 6.07) is 3.88. The predicted octanol–water partition coefficient (Wildman–Crippen LogP) is 7.01. The number of halogens is 2. The van der Waals surface area contributed by atoms with Gasteiger partial charge in [-0.25, -0.2) is 0 Å². The van der Waals surface area contributed by atoms with Gasteiger partial charge in [-0.3, -0.25) is 0 Å². The maximum absolute atomic E-state index is 5.81. The van der Waals surface area contributed by atoms with Gasteiger partial charge >= 0.3 is 0 Å². The van der Waals surface area contributed by atoms with Crippen molar-refractivity contribution in [3.05, 3.63) is 70.7 Å². The fraction of sp³-hybridized carbons (Fsp3) is 0.300. The van der Waals surface area contributed by atoms with Crippen LogP contribution in [-0.4, -0.2) is 13.2 Å². The zero-order chi connectivity index (χ0) is 17.6. The van der Waals surface area contributed by atoms with E-state index in [1.165, 1.54) is 0 Å². The standard InChI is InChI=1S/C20H24Br2O2/c1-3-5-7-9-11-13-23-19-15-18(22)20(16-17(19)21)24-14-12-10-8-6-4-2/h3-8,15-16H,1-2,9-14H2. The number of rotatable bonds is 12. The zero-order valence-corrected chi connectivity index (χ0v) is 17.0. The molecule has 1 rings (SSSR count). The Balaban J connectivity index is 2.44. The fourth-order valence-electron chi connectivity index (χ4n) is 1.88. The second-order valence-electron chi connectivity index (χ2n) is 5.02. The minimum Gasteiger partial charge on any atom is -0.492 e. The lowest BCUT2D eigenvalue weighted by molar-refractivity contribution is 0.300. The van der Waals surface area contributed by atoms with E-state index in [9.17, 15) is 0 Å². The highest BCUT2D eigenvalue weighted by molar-refractivity contribution is 9.11. The Labute approximate surface area is 162 Å². The van der Waals surface area contributed by atoms with Crippen LogP contribution in [0.15, 0.2) is 70.7 Å². The number of ether oxygens (including phenoxy) is 2. The molecule has 0 N–H and O–H groups in total. The van der Waals surface area contributed by atoms with Crippen LogP contribution in [0.2, 0.25) is 0 Å². The Morgan fingerprint density at radius 3 is 1.58 bits per heavy atom. The molecule has 2 nitrogen and oxygen atoms in total. The van der Waals surface area contributed by atoms with Crippen molar-refractivity contribution in [1.29, 1.82) is 0 Å². The van der Waals surface area contributed by atoms with Crippen molar-refractivity contribution in [2.45, 2.75) is 25.7 Å². The maximum atomic E-state index is 5.81. The van der Waals surface area contributed by atoms with E-state index in [4.69, 9.17) is 9.47 Å². The topological polar surface area (TPSA) is 18.5 Å². The Morgan fingerprint density at radius 1 is 0.792 bits per heavy atom. The van der Waals surface area contributed by atoms with Crippen LogP contribution in [0, 0.1) is 0 Å². The first-order valence-electron chi connectivity index (χ1n) is 7.98. The summed E-state index contributed by atoms with van der Waals surface area (Å²) < 4.78 is 13.4. The van der Waals surface area contributed by atoms with E-state index in [-0.39, 0.29) is 0 Å². The van der Waals surface area contributed by atoms with Crippen molar-refractivity contribution in [1.82, 2.24) is 0 Å². The molecule has 0 aliphatic carbocycles. The largest absolute Gasteiger partial charge is 0.492 e. The molecule has 0 spiro atoms. The first-order valence-corrected chi connectivity index (χ1v) is 9.57. The van der Waals surface area contributed by atoms with E-state index < -0.39 is 0 Å². The van der Waals surface area contributed by atoms with Crippen LogP contribution >= 0.6 is 31.9 Å². The van der Waals surface area contributed by atoms with Crippen LogP contribution in [0.3, 0.4) is 0 Å². The zero-order valence-electron chi connectivity index (χ0n) is 13.8. The summed E-state index contributed by atoms with van der Waals surface area (Å²) in [5, 5.41) is 0. The summed E-state index contributed by atoms with van der Waals surface area (Å²) >= 11 is 7.09. The molecule has 0 aliphatic heterocycles.